The summed E-state index contributed by atoms with van der Waals surface area (Å²) in [6, 6.07) is 22.9. The van der Waals surface area contributed by atoms with Gasteiger partial charge in [0.15, 0.2) is 5.82 Å². The zero-order valence-electron chi connectivity index (χ0n) is 16.1. The molecule has 7 heteroatoms. The van der Waals surface area contributed by atoms with E-state index in [1.54, 1.807) is 6.07 Å². The molecule has 0 atom stereocenters. The van der Waals surface area contributed by atoms with Crippen LogP contribution in [0, 0.1) is 0 Å². The van der Waals surface area contributed by atoms with Gasteiger partial charge >= 0.3 is 5.97 Å². The predicted molar refractivity (Wildman–Crippen MR) is 113 cm³/mol. The zero-order chi connectivity index (χ0) is 21.1. The lowest BCUT2D eigenvalue weighted by Crippen LogP contribution is -2.12. The fourth-order valence-electron chi connectivity index (χ4n) is 3.25. The number of benzene rings is 3. The van der Waals surface area contributed by atoms with Gasteiger partial charge in [0.2, 0.25) is 5.82 Å². The Hall–Kier alpha value is -4.26. The summed E-state index contributed by atoms with van der Waals surface area (Å²) in [7, 11) is 1.36. The molecule has 0 aliphatic rings. The molecule has 0 bridgehead atoms. The highest BCUT2D eigenvalue weighted by Crippen LogP contribution is 2.34. The number of primary amides is 1. The molecule has 4 rings (SSSR count). The van der Waals surface area contributed by atoms with Crippen molar-refractivity contribution in [1.29, 1.82) is 0 Å². The van der Waals surface area contributed by atoms with Crippen molar-refractivity contribution < 1.29 is 14.3 Å². The van der Waals surface area contributed by atoms with Crippen molar-refractivity contribution >= 4 is 11.9 Å². The molecule has 1 amide bonds. The van der Waals surface area contributed by atoms with Crippen LogP contribution in [0.15, 0.2) is 72.8 Å². The van der Waals surface area contributed by atoms with Gasteiger partial charge in [0.05, 0.1) is 12.7 Å². The van der Waals surface area contributed by atoms with Gasteiger partial charge in [-0.2, -0.15) is 5.10 Å². The first kappa shape index (κ1) is 19.1. The number of aromatic nitrogens is 3. The number of amides is 1. The van der Waals surface area contributed by atoms with Crippen LogP contribution >= 0.6 is 0 Å². The molecule has 1 aromatic heterocycles. The minimum Gasteiger partial charge on any atom is -0.465 e. The monoisotopic (exact) mass is 398 g/mol. The average molecular weight is 398 g/mol. The van der Waals surface area contributed by atoms with Gasteiger partial charge in [-0.05, 0) is 40.5 Å². The number of aromatic amines is 1. The van der Waals surface area contributed by atoms with Crippen molar-refractivity contribution in [1.82, 2.24) is 15.2 Å². The number of H-pyrrole nitrogens is 1. The number of ether oxygens (including phenoxy) is 1. The van der Waals surface area contributed by atoms with Crippen LogP contribution in [0.5, 0.6) is 0 Å². The Morgan fingerprint density at radius 2 is 1.50 bits per heavy atom. The minimum atomic E-state index is -0.666. The molecule has 0 aliphatic carbocycles. The molecule has 4 aromatic rings. The summed E-state index contributed by atoms with van der Waals surface area (Å²) in [5, 5.41) is 6.62. The van der Waals surface area contributed by atoms with Crippen LogP contribution < -0.4 is 5.73 Å². The third-order valence-electron chi connectivity index (χ3n) is 4.67. The van der Waals surface area contributed by atoms with E-state index in [9.17, 15) is 9.59 Å². The smallest absolute Gasteiger partial charge is 0.337 e. The second-order valence-corrected chi connectivity index (χ2v) is 6.57. The third-order valence-corrected chi connectivity index (χ3v) is 4.67. The summed E-state index contributed by atoms with van der Waals surface area (Å²) in [5.74, 6) is -0.654. The first-order valence-electron chi connectivity index (χ1n) is 9.17. The van der Waals surface area contributed by atoms with E-state index >= 15 is 0 Å². The summed E-state index contributed by atoms with van der Waals surface area (Å²) in [5.41, 5.74) is 10.3. The van der Waals surface area contributed by atoms with Crippen LogP contribution in [-0.4, -0.2) is 34.2 Å². The van der Waals surface area contributed by atoms with E-state index in [1.807, 2.05) is 66.7 Å². The number of nitrogens with zero attached hydrogens (tertiary/aromatic N) is 2. The predicted octanol–water partition coefficient (Wildman–Crippen LogP) is 3.69. The van der Waals surface area contributed by atoms with Gasteiger partial charge in [-0.3, -0.25) is 9.89 Å². The van der Waals surface area contributed by atoms with Gasteiger partial charge in [-0.15, -0.1) is 0 Å². The van der Waals surface area contributed by atoms with Gasteiger partial charge in [0, 0.05) is 5.56 Å². The SMILES string of the molecule is COC(=O)c1cccc(-c2ccccc2-c2cccc(-c3n[nH]c(C(N)=O)n3)c2)c1. The molecule has 7 nitrogen and oxygen atoms in total. The van der Waals surface area contributed by atoms with E-state index in [-0.39, 0.29) is 11.8 Å². The first-order valence-corrected chi connectivity index (χ1v) is 9.17. The maximum Gasteiger partial charge on any atom is 0.337 e. The van der Waals surface area contributed by atoms with E-state index in [0.717, 1.165) is 27.8 Å². The highest BCUT2D eigenvalue weighted by Gasteiger charge is 2.13. The number of nitrogens with two attached hydrogens (primary N) is 1. The van der Waals surface area contributed by atoms with E-state index in [2.05, 4.69) is 15.2 Å². The fourth-order valence-corrected chi connectivity index (χ4v) is 3.25. The van der Waals surface area contributed by atoms with Crippen molar-refractivity contribution in [2.75, 3.05) is 7.11 Å². The average Bonchev–Trinajstić information content (AvgIpc) is 3.29. The second-order valence-electron chi connectivity index (χ2n) is 6.57. The summed E-state index contributed by atoms with van der Waals surface area (Å²) in [4.78, 5) is 27.4. The molecule has 0 unspecified atom stereocenters. The van der Waals surface area contributed by atoms with Crippen LogP contribution in [0.25, 0.3) is 33.6 Å². The molecule has 3 N–H and O–H groups in total. The number of nitrogens with one attached hydrogen (secondary N) is 1. The highest BCUT2D eigenvalue weighted by atomic mass is 16.5. The number of carbonyl (C=O) groups excluding carboxylic acids is 2. The molecule has 0 fully saturated rings. The lowest BCUT2D eigenvalue weighted by atomic mass is 9.93. The summed E-state index contributed by atoms with van der Waals surface area (Å²) in [6.45, 7) is 0. The summed E-state index contributed by atoms with van der Waals surface area (Å²) in [6.07, 6.45) is 0. The lowest BCUT2D eigenvalue weighted by Gasteiger charge is -2.12. The van der Waals surface area contributed by atoms with E-state index in [0.29, 0.717) is 11.4 Å². The third kappa shape index (κ3) is 3.68. The maximum absolute atomic E-state index is 11.9. The number of hydrogen-bond acceptors (Lipinski definition) is 5. The maximum atomic E-state index is 11.9. The minimum absolute atomic E-state index is 0.00966. The molecule has 1 heterocycles. The van der Waals surface area contributed by atoms with Gasteiger partial charge < -0.3 is 10.5 Å². The lowest BCUT2D eigenvalue weighted by molar-refractivity contribution is 0.0600. The standard InChI is InChI=1S/C23H18N4O3/c1-30-23(29)17-9-5-7-15(13-17)19-11-3-2-10-18(19)14-6-4-8-16(12-14)21-25-22(20(24)28)27-26-21/h2-13H,1H3,(H2,24,28)(H,25,26,27). The van der Waals surface area contributed by atoms with E-state index < -0.39 is 5.91 Å². The Bertz CT molecular complexity index is 1250. The van der Waals surface area contributed by atoms with Gasteiger partial charge in [0.25, 0.3) is 5.91 Å². The van der Waals surface area contributed by atoms with Crippen LogP contribution in [0.1, 0.15) is 21.0 Å². The van der Waals surface area contributed by atoms with Crippen LogP contribution in [0.2, 0.25) is 0 Å². The Morgan fingerprint density at radius 3 is 2.13 bits per heavy atom. The molecule has 0 spiro atoms. The summed E-state index contributed by atoms with van der Waals surface area (Å²) < 4.78 is 4.84. The van der Waals surface area contributed by atoms with Crippen molar-refractivity contribution in [3.63, 3.8) is 0 Å². The van der Waals surface area contributed by atoms with Crippen molar-refractivity contribution in [2.45, 2.75) is 0 Å². The number of rotatable bonds is 5. The Morgan fingerprint density at radius 1 is 0.867 bits per heavy atom. The summed E-state index contributed by atoms with van der Waals surface area (Å²) >= 11 is 0. The van der Waals surface area contributed by atoms with Crippen LogP contribution in [0.3, 0.4) is 0 Å². The number of methoxy groups -OCH3 is 1. The molecule has 0 saturated carbocycles. The van der Waals surface area contributed by atoms with Gasteiger partial charge in [-0.1, -0.05) is 54.6 Å². The normalized spacial score (nSPS) is 10.6. The number of esters is 1. The Labute approximate surface area is 172 Å². The number of hydrogen-bond donors (Lipinski definition) is 2. The van der Waals surface area contributed by atoms with Crippen molar-refractivity contribution in [3.05, 3.63) is 84.2 Å². The highest BCUT2D eigenvalue weighted by molar-refractivity contribution is 5.93. The van der Waals surface area contributed by atoms with Crippen molar-refractivity contribution in [3.8, 4) is 33.6 Å². The topological polar surface area (TPSA) is 111 Å². The van der Waals surface area contributed by atoms with E-state index in [1.165, 1.54) is 7.11 Å². The fraction of sp³-hybridized carbons (Fsp3) is 0.0435. The van der Waals surface area contributed by atoms with Gasteiger partial charge in [0.1, 0.15) is 0 Å². The largest absolute Gasteiger partial charge is 0.465 e. The zero-order valence-corrected chi connectivity index (χ0v) is 16.1. The number of carbonyl (C=O) groups is 2. The molecule has 148 valence electrons. The molecule has 0 saturated heterocycles. The molecular formula is C23H18N4O3. The van der Waals surface area contributed by atoms with Crippen molar-refractivity contribution in [2.24, 2.45) is 5.73 Å². The van der Waals surface area contributed by atoms with Gasteiger partial charge in [-0.25, -0.2) is 9.78 Å². The quantitative estimate of drug-likeness (QED) is 0.498. The molecule has 30 heavy (non-hydrogen) atoms. The van der Waals surface area contributed by atoms with Crippen LogP contribution in [-0.2, 0) is 4.74 Å². The van der Waals surface area contributed by atoms with Crippen LogP contribution in [0.4, 0.5) is 0 Å². The van der Waals surface area contributed by atoms with E-state index in [4.69, 9.17) is 10.5 Å². The molecular weight excluding hydrogens is 380 g/mol. The molecule has 0 aliphatic heterocycles. The Balaban J connectivity index is 1.78. The molecule has 3 aromatic carbocycles. The first-order chi connectivity index (χ1) is 14.6. The second kappa shape index (κ2) is 8.00. The molecule has 0 radical (unpaired) electrons. The Kier molecular flexibility index (Phi) is 5.09.